The molecule has 1 heteroatoms. The average molecular weight is 574 g/mol. The first-order chi connectivity index (χ1) is 22.3. The highest BCUT2D eigenvalue weighted by atomic mass is 15.1. The fraction of sp³-hybridized carbons (Fsp3) is 0. The lowest BCUT2D eigenvalue weighted by Gasteiger charge is -2.27. The lowest BCUT2D eigenvalue weighted by atomic mass is 9.93. The van der Waals surface area contributed by atoms with Gasteiger partial charge < -0.3 is 4.90 Å². The molecule has 0 unspecified atom stereocenters. The summed E-state index contributed by atoms with van der Waals surface area (Å²) < 4.78 is 0. The molecule has 0 N–H and O–H groups in total. The summed E-state index contributed by atoms with van der Waals surface area (Å²) in [5, 5.41) is 5.07. The Morgan fingerprint density at radius 2 is 0.756 bits per heavy atom. The Bertz CT molecular complexity index is 2250. The van der Waals surface area contributed by atoms with E-state index >= 15 is 0 Å². The molecule has 8 aromatic rings. The fourth-order valence-electron chi connectivity index (χ4n) is 6.44. The number of fused-ring (bicyclic) bond motifs is 3. The van der Waals surface area contributed by atoms with Crippen molar-refractivity contribution in [3.05, 3.63) is 188 Å². The van der Waals surface area contributed by atoms with Crippen LogP contribution >= 0.6 is 0 Å². The van der Waals surface area contributed by atoms with E-state index in [1.54, 1.807) is 0 Å². The summed E-state index contributed by atoms with van der Waals surface area (Å²) in [6.07, 6.45) is 0. The Balaban J connectivity index is 1.29. The molecular weight excluding hydrogens is 542 g/mol. The van der Waals surface area contributed by atoms with E-state index in [1.807, 2.05) is 0 Å². The van der Waals surface area contributed by atoms with Gasteiger partial charge in [0.05, 0.1) is 0 Å². The van der Waals surface area contributed by atoms with Gasteiger partial charge >= 0.3 is 0 Å². The van der Waals surface area contributed by atoms with E-state index < -0.39 is 0 Å². The van der Waals surface area contributed by atoms with Crippen molar-refractivity contribution in [1.82, 2.24) is 0 Å². The van der Waals surface area contributed by atoms with Gasteiger partial charge in [-0.1, -0.05) is 146 Å². The lowest BCUT2D eigenvalue weighted by molar-refractivity contribution is 1.28. The van der Waals surface area contributed by atoms with Crippen LogP contribution in [0, 0.1) is 0 Å². The highest BCUT2D eigenvalue weighted by molar-refractivity contribution is 6.13. The molecular formula is C44H31N. The molecule has 0 bridgehead atoms. The van der Waals surface area contributed by atoms with Crippen LogP contribution in [0.5, 0.6) is 0 Å². The summed E-state index contributed by atoms with van der Waals surface area (Å²) in [7, 11) is 0. The van der Waals surface area contributed by atoms with Crippen molar-refractivity contribution >= 4 is 38.6 Å². The van der Waals surface area contributed by atoms with Crippen molar-refractivity contribution in [3.8, 4) is 33.4 Å². The minimum atomic E-state index is 1.11. The summed E-state index contributed by atoms with van der Waals surface area (Å²) in [4.78, 5) is 2.37. The first-order valence-corrected chi connectivity index (χ1v) is 15.4. The first-order valence-electron chi connectivity index (χ1n) is 15.4. The van der Waals surface area contributed by atoms with Gasteiger partial charge in [-0.3, -0.25) is 0 Å². The minimum Gasteiger partial charge on any atom is -0.310 e. The number of nitrogens with zero attached hydrogens (tertiary/aromatic N) is 1. The van der Waals surface area contributed by atoms with Gasteiger partial charge in [-0.2, -0.15) is 0 Å². The van der Waals surface area contributed by atoms with Crippen LogP contribution < -0.4 is 4.90 Å². The number of hydrogen-bond acceptors (Lipinski definition) is 1. The van der Waals surface area contributed by atoms with Gasteiger partial charge in [0.1, 0.15) is 0 Å². The maximum absolute atomic E-state index is 2.37. The van der Waals surface area contributed by atoms with Gasteiger partial charge in [-0.15, -0.1) is 0 Å². The quantitative estimate of drug-likeness (QED) is 0.179. The molecule has 8 aromatic carbocycles. The molecule has 8 rings (SSSR count). The molecule has 0 aliphatic heterocycles. The zero-order chi connectivity index (χ0) is 30.0. The van der Waals surface area contributed by atoms with Crippen LogP contribution in [0.15, 0.2) is 188 Å². The molecule has 212 valence electrons. The Hall–Kier alpha value is -5.92. The van der Waals surface area contributed by atoms with Crippen LogP contribution in [0.3, 0.4) is 0 Å². The third kappa shape index (κ3) is 5.15. The molecule has 0 aliphatic rings. The molecule has 0 spiro atoms. The van der Waals surface area contributed by atoms with Crippen LogP contribution in [0.2, 0.25) is 0 Å². The monoisotopic (exact) mass is 573 g/mol. The highest BCUT2D eigenvalue weighted by Gasteiger charge is 2.16. The Morgan fingerprint density at radius 3 is 1.44 bits per heavy atom. The highest BCUT2D eigenvalue weighted by Crippen LogP contribution is 2.41. The minimum absolute atomic E-state index is 1.11. The SMILES string of the molecule is c1ccc(-c2ccc(N(c3cccc(-c4ccccc4)c3)c3cccc(-c4cc5ccccc5c5ccccc45)c3)cc2)cc1. The van der Waals surface area contributed by atoms with E-state index in [4.69, 9.17) is 0 Å². The van der Waals surface area contributed by atoms with Crippen molar-refractivity contribution in [2.24, 2.45) is 0 Å². The smallest absolute Gasteiger partial charge is 0.0467 e. The third-order valence-corrected chi connectivity index (χ3v) is 8.63. The van der Waals surface area contributed by atoms with Gasteiger partial charge in [0.2, 0.25) is 0 Å². The van der Waals surface area contributed by atoms with Gasteiger partial charge in [0, 0.05) is 17.1 Å². The second kappa shape index (κ2) is 11.6. The number of hydrogen-bond donors (Lipinski definition) is 0. The Morgan fingerprint density at radius 1 is 0.267 bits per heavy atom. The molecule has 0 aromatic heterocycles. The van der Waals surface area contributed by atoms with E-state index in [0.717, 1.165) is 17.1 Å². The van der Waals surface area contributed by atoms with Gasteiger partial charge in [-0.05, 0) is 97.4 Å². The van der Waals surface area contributed by atoms with E-state index in [0.29, 0.717) is 0 Å². The molecule has 0 atom stereocenters. The second-order valence-corrected chi connectivity index (χ2v) is 11.4. The maximum Gasteiger partial charge on any atom is 0.0467 e. The third-order valence-electron chi connectivity index (χ3n) is 8.63. The van der Waals surface area contributed by atoms with Crippen LogP contribution in [-0.2, 0) is 0 Å². The van der Waals surface area contributed by atoms with Crippen LogP contribution in [-0.4, -0.2) is 0 Å². The molecule has 0 radical (unpaired) electrons. The molecule has 0 saturated carbocycles. The fourth-order valence-corrected chi connectivity index (χ4v) is 6.44. The van der Waals surface area contributed by atoms with E-state index in [1.165, 1.54) is 54.9 Å². The lowest BCUT2D eigenvalue weighted by Crippen LogP contribution is -2.10. The average Bonchev–Trinajstić information content (AvgIpc) is 3.13. The van der Waals surface area contributed by atoms with Gasteiger partial charge in [0.15, 0.2) is 0 Å². The van der Waals surface area contributed by atoms with E-state index in [9.17, 15) is 0 Å². The number of anilines is 3. The van der Waals surface area contributed by atoms with E-state index in [-0.39, 0.29) is 0 Å². The second-order valence-electron chi connectivity index (χ2n) is 11.4. The number of rotatable bonds is 6. The summed E-state index contributed by atoms with van der Waals surface area (Å²) in [5.41, 5.74) is 10.6. The van der Waals surface area contributed by atoms with Crippen molar-refractivity contribution in [2.45, 2.75) is 0 Å². The molecule has 0 saturated heterocycles. The predicted molar refractivity (Wildman–Crippen MR) is 192 cm³/mol. The predicted octanol–water partition coefficient (Wildman–Crippen LogP) is 12.5. The number of benzene rings is 8. The van der Waals surface area contributed by atoms with Crippen molar-refractivity contribution in [3.63, 3.8) is 0 Å². The largest absolute Gasteiger partial charge is 0.310 e. The Labute approximate surface area is 264 Å². The molecule has 0 amide bonds. The maximum atomic E-state index is 2.37. The normalized spacial score (nSPS) is 11.1. The van der Waals surface area contributed by atoms with Gasteiger partial charge in [-0.25, -0.2) is 0 Å². The topological polar surface area (TPSA) is 3.24 Å². The zero-order valence-electron chi connectivity index (χ0n) is 24.8. The standard InChI is InChI=1S/C44H31N/c1-3-13-32(14-4-1)34-25-27-38(28-26-34)45(39-20-11-18-35(29-39)33-15-5-2-6-16-33)40-21-12-19-36(30-40)44-31-37-17-7-8-22-41(37)42-23-9-10-24-43(42)44/h1-31H. The summed E-state index contributed by atoms with van der Waals surface area (Å²) in [6.45, 7) is 0. The molecule has 0 fully saturated rings. The summed E-state index contributed by atoms with van der Waals surface area (Å²) in [6, 6.07) is 67.6. The van der Waals surface area contributed by atoms with Crippen LogP contribution in [0.25, 0.3) is 54.9 Å². The first kappa shape index (κ1) is 26.7. The van der Waals surface area contributed by atoms with E-state index in [2.05, 4.69) is 193 Å². The summed E-state index contributed by atoms with van der Waals surface area (Å²) in [5.74, 6) is 0. The van der Waals surface area contributed by atoms with Crippen molar-refractivity contribution < 1.29 is 0 Å². The Kier molecular flexibility index (Phi) is 6.90. The van der Waals surface area contributed by atoms with Crippen molar-refractivity contribution in [1.29, 1.82) is 0 Å². The molecule has 45 heavy (non-hydrogen) atoms. The molecule has 0 aliphatic carbocycles. The zero-order valence-corrected chi connectivity index (χ0v) is 24.8. The molecule has 1 nitrogen and oxygen atoms in total. The van der Waals surface area contributed by atoms with Crippen molar-refractivity contribution in [2.75, 3.05) is 4.90 Å². The van der Waals surface area contributed by atoms with Crippen LogP contribution in [0.1, 0.15) is 0 Å². The summed E-state index contributed by atoms with van der Waals surface area (Å²) >= 11 is 0. The van der Waals surface area contributed by atoms with Gasteiger partial charge in [0.25, 0.3) is 0 Å². The molecule has 0 heterocycles. The van der Waals surface area contributed by atoms with Crippen LogP contribution in [0.4, 0.5) is 17.1 Å².